The maximum atomic E-state index is 5.40. The molecule has 1 atom stereocenters. The van der Waals surface area contributed by atoms with Crippen LogP contribution in [0.4, 0.5) is 0 Å². The van der Waals surface area contributed by atoms with Gasteiger partial charge in [-0.05, 0) is 25.8 Å². The van der Waals surface area contributed by atoms with Crippen LogP contribution < -0.4 is 10.6 Å². The van der Waals surface area contributed by atoms with Crippen molar-refractivity contribution in [3.63, 3.8) is 0 Å². The molecule has 1 saturated heterocycles. The highest BCUT2D eigenvalue weighted by molar-refractivity contribution is 14.0. The van der Waals surface area contributed by atoms with Gasteiger partial charge in [0.2, 0.25) is 0 Å². The molecule has 0 spiro atoms. The summed E-state index contributed by atoms with van der Waals surface area (Å²) >= 11 is 0. The lowest BCUT2D eigenvalue weighted by Crippen LogP contribution is -2.44. The largest absolute Gasteiger partial charge is 0.379 e. The number of hydrogen-bond donors (Lipinski definition) is 2. The van der Waals surface area contributed by atoms with Gasteiger partial charge in [0, 0.05) is 45.5 Å². The lowest BCUT2D eigenvalue weighted by Gasteiger charge is -2.31. The molecule has 1 aliphatic rings. The van der Waals surface area contributed by atoms with Crippen molar-refractivity contribution < 1.29 is 4.74 Å². The van der Waals surface area contributed by atoms with Crippen molar-refractivity contribution in [1.29, 1.82) is 0 Å². The summed E-state index contributed by atoms with van der Waals surface area (Å²) in [6, 6.07) is 0.438. The van der Waals surface area contributed by atoms with E-state index in [1.165, 1.54) is 5.56 Å². The fraction of sp³-hybridized carbons (Fsp3) is 0.750. The first kappa shape index (κ1) is 21.2. The van der Waals surface area contributed by atoms with Gasteiger partial charge in [-0.25, -0.2) is 0 Å². The molecule has 8 heteroatoms. The second kappa shape index (κ2) is 11.6. The number of morpholine rings is 1. The molecule has 2 heterocycles. The molecule has 0 aliphatic carbocycles. The Labute approximate surface area is 162 Å². The van der Waals surface area contributed by atoms with Gasteiger partial charge < -0.3 is 15.4 Å². The van der Waals surface area contributed by atoms with Gasteiger partial charge in [0.05, 0.1) is 26.0 Å². The van der Waals surface area contributed by atoms with E-state index in [0.717, 1.165) is 58.3 Å². The van der Waals surface area contributed by atoms with E-state index in [4.69, 9.17) is 9.73 Å². The van der Waals surface area contributed by atoms with E-state index in [1.807, 2.05) is 24.1 Å². The number of rotatable bonds is 7. The highest BCUT2D eigenvalue weighted by Gasteiger charge is 2.16. The SMILES string of the molecule is CCNC(=NCC(C)N1CCOCC1)NCCc1cnn(C)c1.I. The maximum absolute atomic E-state index is 5.40. The fourth-order valence-electron chi connectivity index (χ4n) is 2.63. The number of aromatic nitrogens is 2. The lowest BCUT2D eigenvalue weighted by molar-refractivity contribution is 0.0220. The van der Waals surface area contributed by atoms with E-state index in [2.05, 4.69) is 34.5 Å². The van der Waals surface area contributed by atoms with Crippen molar-refractivity contribution in [1.82, 2.24) is 25.3 Å². The van der Waals surface area contributed by atoms with Crippen LogP contribution in [0.15, 0.2) is 17.4 Å². The summed E-state index contributed by atoms with van der Waals surface area (Å²) in [7, 11) is 1.94. The molecule has 0 bridgehead atoms. The van der Waals surface area contributed by atoms with Crippen molar-refractivity contribution in [3.05, 3.63) is 18.0 Å². The first-order valence-electron chi connectivity index (χ1n) is 8.50. The molecule has 0 saturated carbocycles. The molecule has 1 aromatic heterocycles. The third-order valence-corrected chi connectivity index (χ3v) is 3.99. The minimum atomic E-state index is 0. The molecule has 24 heavy (non-hydrogen) atoms. The summed E-state index contributed by atoms with van der Waals surface area (Å²) in [5.74, 6) is 0.886. The van der Waals surface area contributed by atoms with Crippen LogP contribution in [-0.4, -0.2) is 72.6 Å². The summed E-state index contributed by atoms with van der Waals surface area (Å²) < 4.78 is 7.23. The molecule has 0 aromatic carbocycles. The average Bonchev–Trinajstić information content (AvgIpc) is 2.98. The number of nitrogens with one attached hydrogen (secondary N) is 2. The Morgan fingerprint density at radius 1 is 1.38 bits per heavy atom. The minimum absolute atomic E-state index is 0. The number of hydrogen-bond acceptors (Lipinski definition) is 4. The minimum Gasteiger partial charge on any atom is -0.379 e. The van der Waals surface area contributed by atoms with Gasteiger partial charge in [-0.2, -0.15) is 5.10 Å². The Hall–Kier alpha value is -0.870. The van der Waals surface area contributed by atoms with Crippen molar-refractivity contribution in [2.24, 2.45) is 12.0 Å². The van der Waals surface area contributed by atoms with Crippen LogP contribution in [0.1, 0.15) is 19.4 Å². The van der Waals surface area contributed by atoms with Gasteiger partial charge in [-0.1, -0.05) is 0 Å². The van der Waals surface area contributed by atoms with Crippen LogP contribution >= 0.6 is 24.0 Å². The lowest BCUT2D eigenvalue weighted by atomic mass is 10.2. The number of ether oxygens (including phenoxy) is 1. The van der Waals surface area contributed by atoms with Crippen molar-refractivity contribution in [2.45, 2.75) is 26.3 Å². The molecule has 138 valence electrons. The Morgan fingerprint density at radius 2 is 2.12 bits per heavy atom. The smallest absolute Gasteiger partial charge is 0.191 e. The highest BCUT2D eigenvalue weighted by Crippen LogP contribution is 2.03. The molecule has 2 N–H and O–H groups in total. The number of guanidine groups is 1. The Morgan fingerprint density at radius 3 is 2.75 bits per heavy atom. The van der Waals surface area contributed by atoms with Gasteiger partial charge >= 0.3 is 0 Å². The molecule has 2 rings (SSSR count). The van der Waals surface area contributed by atoms with E-state index in [-0.39, 0.29) is 24.0 Å². The number of aliphatic imine (C=N–C) groups is 1. The quantitative estimate of drug-likeness (QED) is 0.367. The third kappa shape index (κ3) is 7.35. The van der Waals surface area contributed by atoms with Crippen molar-refractivity contribution in [3.8, 4) is 0 Å². The predicted octanol–water partition coefficient (Wildman–Crippen LogP) is 0.856. The summed E-state index contributed by atoms with van der Waals surface area (Å²) in [6.07, 6.45) is 4.90. The van der Waals surface area contributed by atoms with Crippen LogP contribution in [0.2, 0.25) is 0 Å². The van der Waals surface area contributed by atoms with Gasteiger partial charge in [-0.3, -0.25) is 14.6 Å². The first-order chi connectivity index (χ1) is 11.2. The van der Waals surface area contributed by atoms with Gasteiger partial charge in [-0.15, -0.1) is 24.0 Å². The van der Waals surface area contributed by atoms with E-state index in [1.54, 1.807) is 0 Å². The van der Waals surface area contributed by atoms with Gasteiger partial charge in [0.25, 0.3) is 0 Å². The first-order valence-corrected chi connectivity index (χ1v) is 8.50. The average molecular weight is 450 g/mol. The monoisotopic (exact) mass is 450 g/mol. The summed E-state index contributed by atoms with van der Waals surface area (Å²) in [5.41, 5.74) is 1.23. The second-order valence-electron chi connectivity index (χ2n) is 5.92. The Bertz CT molecular complexity index is 487. The normalized spacial score (nSPS) is 17.2. The standard InChI is InChI=1S/C16H30N6O.HI/c1-4-17-16(18-6-5-15-12-20-21(3)13-15)19-11-14(2)22-7-9-23-10-8-22;/h12-14H,4-11H2,1-3H3,(H2,17,18,19);1H. The van der Waals surface area contributed by atoms with Gasteiger partial charge in [0.15, 0.2) is 5.96 Å². The zero-order valence-electron chi connectivity index (χ0n) is 15.0. The molecule has 1 aromatic rings. The van der Waals surface area contributed by atoms with E-state index in [9.17, 15) is 0 Å². The molecule has 0 radical (unpaired) electrons. The topological polar surface area (TPSA) is 66.7 Å². The fourth-order valence-corrected chi connectivity index (χ4v) is 2.63. The highest BCUT2D eigenvalue weighted by atomic mass is 127. The predicted molar refractivity (Wildman–Crippen MR) is 108 cm³/mol. The number of aryl methyl sites for hydroxylation is 1. The third-order valence-electron chi connectivity index (χ3n) is 3.99. The zero-order valence-corrected chi connectivity index (χ0v) is 17.3. The van der Waals surface area contributed by atoms with E-state index in [0.29, 0.717) is 6.04 Å². The van der Waals surface area contributed by atoms with Gasteiger partial charge in [0.1, 0.15) is 0 Å². The van der Waals surface area contributed by atoms with Crippen LogP contribution in [0.25, 0.3) is 0 Å². The number of nitrogens with zero attached hydrogens (tertiary/aromatic N) is 4. The van der Waals surface area contributed by atoms with Crippen LogP contribution in [0.5, 0.6) is 0 Å². The molecule has 7 nitrogen and oxygen atoms in total. The summed E-state index contributed by atoms with van der Waals surface area (Å²) in [6.45, 7) is 10.5. The molecular weight excluding hydrogens is 419 g/mol. The second-order valence-corrected chi connectivity index (χ2v) is 5.92. The van der Waals surface area contributed by atoms with Crippen LogP contribution in [0.3, 0.4) is 0 Å². The summed E-state index contributed by atoms with van der Waals surface area (Å²) in [5, 5.41) is 10.9. The maximum Gasteiger partial charge on any atom is 0.191 e. The molecular formula is C16H31IN6O. The van der Waals surface area contributed by atoms with Crippen LogP contribution in [0, 0.1) is 0 Å². The zero-order chi connectivity index (χ0) is 16.5. The molecule has 1 unspecified atom stereocenters. The molecule has 0 amide bonds. The van der Waals surface area contributed by atoms with E-state index >= 15 is 0 Å². The number of halogens is 1. The molecule has 1 fully saturated rings. The summed E-state index contributed by atoms with van der Waals surface area (Å²) in [4.78, 5) is 7.15. The van der Waals surface area contributed by atoms with E-state index < -0.39 is 0 Å². The van der Waals surface area contributed by atoms with Crippen LogP contribution in [-0.2, 0) is 18.2 Å². The Kier molecular flexibility index (Phi) is 10.3. The van der Waals surface area contributed by atoms with Crippen molar-refractivity contribution >= 4 is 29.9 Å². The molecule has 1 aliphatic heterocycles. The Balaban J connectivity index is 0.00000288. The van der Waals surface area contributed by atoms with Crippen molar-refractivity contribution in [2.75, 3.05) is 45.9 Å².